The molecule has 0 saturated heterocycles. The zero-order valence-electron chi connectivity index (χ0n) is 17.1. The van der Waals surface area contributed by atoms with E-state index < -0.39 is 20.9 Å². The van der Waals surface area contributed by atoms with Crippen molar-refractivity contribution in [3.63, 3.8) is 0 Å². The van der Waals surface area contributed by atoms with E-state index in [0.717, 1.165) is 5.56 Å². The zero-order valence-corrected chi connectivity index (χ0v) is 17.9. The minimum Gasteiger partial charge on any atom is -0.465 e. The van der Waals surface area contributed by atoms with E-state index in [-0.39, 0.29) is 10.6 Å². The smallest absolute Gasteiger partial charge is 0.337 e. The molecule has 7 heteroatoms. The van der Waals surface area contributed by atoms with Gasteiger partial charge in [-0.05, 0) is 39.4 Å². The first-order chi connectivity index (χ1) is 12.9. The summed E-state index contributed by atoms with van der Waals surface area (Å²) in [6.07, 6.45) is 8.17. The summed E-state index contributed by atoms with van der Waals surface area (Å²) in [4.78, 5) is 25.0. The van der Waals surface area contributed by atoms with Crippen LogP contribution in [0.4, 0.5) is 0 Å². The van der Waals surface area contributed by atoms with Crippen LogP contribution in [0.5, 0.6) is 0 Å². The molecule has 0 radical (unpaired) electrons. The van der Waals surface area contributed by atoms with E-state index >= 15 is 0 Å². The minimum absolute atomic E-state index is 0.199. The van der Waals surface area contributed by atoms with Crippen LogP contribution < -0.4 is 0 Å². The molecule has 1 aromatic heterocycles. The van der Waals surface area contributed by atoms with E-state index in [1.807, 2.05) is 0 Å². The molecular formula is C21H26N2O4S. The van der Waals surface area contributed by atoms with Crippen LogP contribution in [0.3, 0.4) is 0 Å². The van der Waals surface area contributed by atoms with Crippen LogP contribution in [0.25, 0.3) is 11.8 Å². The lowest BCUT2D eigenvalue weighted by molar-refractivity contribution is -0.119. The van der Waals surface area contributed by atoms with Crippen molar-refractivity contribution in [2.45, 2.75) is 20.8 Å². The summed E-state index contributed by atoms with van der Waals surface area (Å²) in [5, 5.41) is 4.25. The van der Waals surface area contributed by atoms with Gasteiger partial charge in [0, 0.05) is 30.3 Å². The summed E-state index contributed by atoms with van der Waals surface area (Å²) >= 11 is 0. The van der Waals surface area contributed by atoms with Gasteiger partial charge < -0.3 is 4.74 Å². The SMILES string of the molecule is COC(=O)c1ccc(/C=C(\C(C(=O)C(C)(C)C)=S(C)(C)=O)n2cccn2)cc1. The number of hydrogen-bond donors (Lipinski definition) is 0. The number of esters is 1. The summed E-state index contributed by atoms with van der Waals surface area (Å²) in [5.74, 6) is -0.626. The molecule has 0 unspecified atom stereocenters. The molecule has 0 saturated carbocycles. The molecule has 0 aliphatic carbocycles. The first kappa shape index (κ1) is 21.6. The van der Waals surface area contributed by atoms with Gasteiger partial charge in [0.05, 0.1) is 23.2 Å². The lowest BCUT2D eigenvalue weighted by Crippen LogP contribution is -2.35. The van der Waals surface area contributed by atoms with Crippen molar-refractivity contribution in [3.8, 4) is 0 Å². The van der Waals surface area contributed by atoms with Gasteiger partial charge in [-0.1, -0.05) is 32.9 Å². The molecule has 0 fully saturated rings. The van der Waals surface area contributed by atoms with E-state index in [1.165, 1.54) is 7.11 Å². The van der Waals surface area contributed by atoms with Crippen LogP contribution >= 0.6 is 0 Å². The normalized spacial score (nSPS) is 12.6. The van der Waals surface area contributed by atoms with Gasteiger partial charge in [0.15, 0.2) is 5.78 Å². The highest BCUT2D eigenvalue weighted by molar-refractivity contribution is 8.03. The van der Waals surface area contributed by atoms with Crippen LogP contribution in [0.15, 0.2) is 42.7 Å². The summed E-state index contributed by atoms with van der Waals surface area (Å²) < 4.78 is 19.3. The van der Waals surface area contributed by atoms with Crippen molar-refractivity contribution in [1.82, 2.24) is 9.78 Å². The van der Waals surface area contributed by atoms with E-state index in [0.29, 0.717) is 11.3 Å². The Kier molecular flexibility index (Phi) is 6.29. The molecule has 0 aliphatic heterocycles. The van der Waals surface area contributed by atoms with Gasteiger partial charge in [-0.3, -0.25) is 9.00 Å². The van der Waals surface area contributed by atoms with Crippen LogP contribution in [0.2, 0.25) is 0 Å². The maximum Gasteiger partial charge on any atom is 0.337 e. The molecule has 0 amide bonds. The van der Waals surface area contributed by atoms with Crippen LogP contribution in [-0.4, -0.2) is 50.2 Å². The lowest BCUT2D eigenvalue weighted by Gasteiger charge is -2.22. The second kappa shape index (κ2) is 8.14. The molecule has 1 heterocycles. The summed E-state index contributed by atoms with van der Waals surface area (Å²) in [5.41, 5.74) is 0.905. The number of allylic oxidation sites excluding steroid dienone is 1. The summed E-state index contributed by atoms with van der Waals surface area (Å²) in [7, 11) is -1.28. The van der Waals surface area contributed by atoms with Crippen LogP contribution in [-0.2, 0) is 19.1 Å². The molecule has 0 spiro atoms. The van der Waals surface area contributed by atoms with Gasteiger partial charge in [-0.15, -0.1) is 0 Å². The second-order valence-corrected chi connectivity index (χ2v) is 10.6. The fourth-order valence-corrected chi connectivity index (χ4v) is 3.98. The third-order valence-corrected chi connectivity index (χ3v) is 5.38. The van der Waals surface area contributed by atoms with Crippen molar-refractivity contribution < 1.29 is 18.5 Å². The van der Waals surface area contributed by atoms with E-state index in [4.69, 9.17) is 4.74 Å². The van der Waals surface area contributed by atoms with Crippen LogP contribution in [0, 0.1) is 5.41 Å². The molecular weight excluding hydrogens is 376 g/mol. The summed E-state index contributed by atoms with van der Waals surface area (Å²) in [6, 6.07) is 8.49. The van der Waals surface area contributed by atoms with Gasteiger partial charge >= 0.3 is 5.97 Å². The zero-order chi connectivity index (χ0) is 21.1. The Bertz CT molecular complexity index is 1010. The third-order valence-electron chi connectivity index (χ3n) is 4.00. The van der Waals surface area contributed by atoms with Crippen molar-refractivity contribution in [3.05, 3.63) is 53.9 Å². The fourth-order valence-electron chi connectivity index (χ4n) is 2.57. The predicted molar refractivity (Wildman–Crippen MR) is 114 cm³/mol. The largest absolute Gasteiger partial charge is 0.465 e. The average Bonchev–Trinajstić information content (AvgIpc) is 3.13. The minimum atomic E-state index is -2.60. The highest BCUT2D eigenvalue weighted by Crippen LogP contribution is 2.23. The number of nitrogens with zero attached hydrogens (tertiary/aromatic N) is 2. The number of hydrogen-bond acceptors (Lipinski definition) is 5. The average molecular weight is 403 g/mol. The van der Waals surface area contributed by atoms with Gasteiger partial charge in [0.1, 0.15) is 0 Å². The van der Waals surface area contributed by atoms with Crippen molar-refractivity contribution >= 4 is 37.9 Å². The molecule has 2 aromatic rings. The first-order valence-electron chi connectivity index (χ1n) is 8.71. The Hall–Kier alpha value is -2.67. The molecule has 0 atom stereocenters. The Balaban J connectivity index is 2.69. The Morgan fingerprint density at radius 1 is 1.14 bits per heavy atom. The maximum absolute atomic E-state index is 13.2. The van der Waals surface area contributed by atoms with Crippen LogP contribution in [0.1, 0.15) is 36.7 Å². The molecule has 6 nitrogen and oxygen atoms in total. The first-order valence-corrected chi connectivity index (χ1v) is 11.1. The Morgan fingerprint density at radius 3 is 2.18 bits per heavy atom. The highest BCUT2D eigenvalue weighted by Gasteiger charge is 2.31. The maximum atomic E-state index is 13.2. The Morgan fingerprint density at radius 2 is 1.75 bits per heavy atom. The quantitative estimate of drug-likeness (QED) is 0.436. The van der Waals surface area contributed by atoms with Gasteiger partial charge in [-0.25, -0.2) is 9.48 Å². The Labute approximate surface area is 166 Å². The second-order valence-electron chi connectivity index (χ2n) is 7.74. The number of aromatic nitrogens is 2. The number of carbonyl (C=O) groups excluding carboxylic acids is 2. The van der Waals surface area contributed by atoms with Crippen molar-refractivity contribution in [2.75, 3.05) is 19.6 Å². The number of ether oxygens (including phenoxy) is 1. The topological polar surface area (TPSA) is 78.3 Å². The standard InChI is InChI=1S/C21H26N2O4S/c1-21(2,3)19(24)18(28(5,6)26)17(23-13-7-12-22-23)14-15-8-10-16(11-9-15)20(25)27-4/h7-14H,1-6H3/b17-14+. The monoisotopic (exact) mass is 402 g/mol. The molecule has 28 heavy (non-hydrogen) atoms. The van der Waals surface area contributed by atoms with E-state index in [2.05, 4.69) is 5.10 Å². The molecule has 2 rings (SSSR count). The predicted octanol–water partition coefficient (Wildman–Crippen LogP) is 3.00. The molecule has 0 N–H and O–H groups in total. The number of carbonyl (C=O) groups is 2. The van der Waals surface area contributed by atoms with Crippen molar-refractivity contribution in [2.24, 2.45) is 5.41 Å². The highest BCUT2D eigenvalue weighted by atomic mass is 32.2. The lowest BCUT2D eigenvalue weighted by atomic mass is 9.88. The van der Waals surface area contributed by atoms with E-state index in [9.17, 15) is 13.8 Å². The third kappa shape index (κ3) is 4.98. The molecule has 1 aromatic carbocycles. The molecule has 150 valence electrons. The van der Waals surface area contributed by atoms with Gasteiger partial charge in [-0.2, -0.15) is 5.10 Å². The number of rotatable bonds is 5. The van der Waals surface area contributed by atoms with E-state index in [1.54, 1.807) is 86.8 Å². The fraction of sp³-hybridized carbons (Fsp3) is 0.333. The molecule has 0 aliphatic rings. The van der Waals surface area contributed by atoms with Crippen molar-refractivity contribution in [1.29, 1.82) is 0 Å². The number of Topliss-reactive ketones (excluding diaryl/α,β-unsaturated/α-hetero) is 1. The number of methoxy groups -OCH3 is 1. The molecule has 0 bridgehead atoms. The summed E-state index contributed by atoms with van der Waals surface area (Å²) in [6.45, 7) is 5.39. The number of ketones is 1. The number of benzene rings is 1. The van der Waals surface area contributed by atoms with Gasteiger partial charge in [0.25, 0.3) is 0 Å². The van der Waals surface area contributed by atoms with Gasteiger partial charge in [0.2, 0.25) is 0 Å².